The molecule has 2 aromatic rings. The minimum absolute atomic E-state index is 0.420. The Labute approximate surface area is 134 Å². The molecule has 0 spiro atoms. The number of halogens is 1. The maximum absolute atomic E-state index is 4.75. The molecule has 1 unspecified atom stereocenters. The van der Waals surface area contributed by atoms with Gasteiger partial charge in [0.2, 0.25) is 0 Å². The van der Waals surface area contributed by atoms with Gasteiger partial charge in [-0.1, -0.05) is 24.3 Å². The third-order valence-electron chi connectivity index (χ3n) is 4.09. The highest BCUT2D eigenvalue weighted by atomic mass is 79.9. The molecule has 0 radical (unpaired) electrons. The first-order valence-corrected chi connectivity index (χ1v) is 8.33. The largest absolute Gasteiger partial charge is 0.369 e. The Balaban J connectivity index is 1.91. The van der Waals surface area contributed by atoms with E-state index in [9.17, 15) is 0 Å². The van der Waals surface area contributed by atoms with Crippen molar-refractivity contribution in [1.29, 1.82) is 0 Å². The van der Waals surface area contributed by atoms with Crippen LogP contribution < -0.4 is 5.32 Å². The summed E-state index contributed by atoms with van der Waals surface area (Å²) in [5.41, 5.74) is 3.94. The van der Waals surface area contributed by atoms with Crippen LogP contribution >= 0.6 is 15.9 Å². The van der Waals surface area contributed by atoms with E-state index in [1.54, 1.807) is 0 Å². The van der Waals surface area contributed by atoms with Crippen LogP contribution in [0.2, 0.25) is 0 Å². The second kappa shape index (κ2) is 6.14. The lowest BCUT2D eigenvalue weighted by Gasteiger charge is -2.24. The molecule has 0 saturated carbocycles. The third-order valence-corrected chi connectivity index (χ3v) is 5.04. The van der Waals surface area contributed by atoms with Crippen LogP contribution in [-0.4, -0.2) is 16.5 Å². The topological polar surface area (TPSA) is 37.8 Å². The Morgan fingerprint density at radius 3 is 2.76 bits per heavy atom. The lowest BCUT2D eigenvalue weighted by molar-refractivity contribution is 0.553. The number of benzene rings is 1. The molecule has 1 atom stereocenters. The van der Waals surface area contributed by atoms with E-state index in [-0.39, 0.29) is 0 Å². The van der Waals surface area contributed by atoms with Crippen molar-refractivity contribution in [3.8, 4) is 0 Å². The molecular formula is C17H20BrN3. The van der Waals surface area contributed by atoms with Crippen LogP contribution in [0, 0.1) is 6.92 Å². The van der Waals surface area contributed by atoms with Gasteiger partial charge in [-0.05, 0) is 60.2 Å². The van der Waals surface area contributed by atoms with Crippen molar-refractivity contribution < 1.29 is 0 Å². The van der Waals surface area contributed by atoms with Gasteiger partial charge in [0.05, 0.1) is 10.2 Å². The van der Waals surface area contributed by atoms with Crippen LogP contribution in [0.15, 0.2) is 28.7 Å². The van der Waals surface area contributed by atoms with Crippen LogP contribution in [-0.2, 0) is 12.8 Å². The molecule has 0 bridgehead atoms. The fourth-order valence-electron chi connectivity index (χ4n) is 2.97. The Hall–Kier alpha value is -1.42. The molecule has 3 rings (SSSR count). The lowest BCUT2D eigenvalue weighted by atomic mass is 9.83. The molecule has 0 fully saturated rings. The predicted octanol–water partition coefficient (Wildman–Crippen LogP) is 4.25. The third kappa shape index (κ3) is 2.95. The second-order valence-corrected chi connectivity index (χ2v) is 6.36. The summed E-state index contributed by atoms with van der Waals surface area (Å²) in [7, 11) is 0. The van der Waals surface area contributed by atoms with Gasteiger partial charge in [0.15, 0.2) is 0 Å². The number of rotatable bonds is 3. The molecule has 1 heterocycles. The summed E-state index contributed by atoms with van der Waals surface area (Å²) >= 11 is 3.58. The van der Waals surface area contributed by atoms with E-state index >= 15 is 0 Å². The zero-order valence-electron chi connectivity index (χ0n) is 12.5. The van der Waals surface area contributed by atoms with Gasteiger partial charge in [0.1, 0.15) is 11.6 Å². The van der Waals surface area contributed by atoms with Gasteiger partial charge in [-0.2, -0.15) is 0 Å². The average molecular weight is 346 g/mol. The summed E-state index contributed by atoms with van der Waals surface area (Å²) in [4.78, 5) is 9.46. The molecule has 21 heavy (non-hydrogen) atoms. The van der Waals surface area contributed by atoms with Crippen LogP contribution in [0.25, 0.3) is 0 Å². The first-order chi connectivity index (χ1) is 10.2. The van der Waals surface area contributed by atoms with E-state index in [0.29, 0.717) is 5.92 Å². The minimum Gasteiger partial charge on any atom is -0.369 e. The van der Waals surface area contributed by atoms with Crippen molar-refractivity contribution in [2.45, 2.75) is 39.0 Å². The van der Waals surface area contributed by atoms with E-state index in [1.807, 2.05) is 6.92 Å². The van der Waals surface area contributed by atoms with Crippen LogP contribution in [0.4, 0.5) is 5.82 Å². The molecule has 0 amide bonds. The molecule has 110 valence electrons. The second-order valence-electron chi connectivity index (χ2n) is 5.57. The predicted molar refractivity (Wildman–Crippen MR) is 89.8 cm³/mol. The van der Waals surface area contributed by atoms with Crippen molar-refractivity contribution in [3.05, 3.63) is 51.4 Å². The van der Waals surface area contributed by atoms with Crippen LogP contribution in [0.5, 0.6) is 0 Å². The minimum atomic E-state index is 0.420. The molecule has 1 aromatic heterocycles. The fraction of sp³-hybridized carbons (Fsp3) is 0.412. The summed E-state index contributed by atoms with van der Waals surface area (Å²) in [5.74, 6) is 2.31. The Morgan fingerprint density at radius 1 is 1.24 bits per heavy atom. The molecule has 1 N–H and O–H groups in total. The number of aromatic nitrogens is 2. The zero-order chi connectivity index (χ0) is 14.8. The number of hydrogen-bond donors (Lipinski definition) is 1. The van der Waals surface area contributed by atoms with E-state index in [0.717, 1.165) is 47.6 Å². The van der Waals surface area contributed by atoms with Crippen molar-refractivity contribution in [2.24, 2.45) is 0 Å². The number of nitrogens with zero attached hydrogens (tertiary/aromatic N) is 2. The van der Waals surface area contributed by atoms with Gasteiger partial charge in [0, 0.05) is 12.5 Å². The fourth-order valence-corrected chi connectivity index (χ4v) is 3.28. The van der Waals surface area contributed by atoms with Gasteiger partial charge in [-0.25, -0.2) is 9.97 Å². The van der Waals surface area contributed by atoms with Gasteiger partial charge >= 0.3 is 0 Å². The van der Waals surface area contributed by atoms with E-state index < -0.39 is 0 Å². The number of fused-ring (bicyclic) bond motifs is 1. The molecule has 0 aliphatic heterocycles. The summed E-state index contributed by atoms with van der Waals surface area (Å²) < 4.78 is 0.976. The first-order valence-electron chi connectivity index (χ1n) is 7.53. The first kappa shape index (κ1) is 14.5. The number of aryl methyl sites for hydroxylation is 2. The lowest BCUT2D eigenvalue weighted by Crippen LogP contribution is -2.17. The molecule has 1 aliphatic carbocycles. The summed E-state index contributed by atoms with van der Waals surface area (Å²) in [6, 6.07) is 8.73. The molecular weight excluding hydrogens is 326 g/mol. The van der Waals surface area contributed by atoms with Crippen LogP contribution in [0.3, 0.4) is 0 Å². The molecule has 0 saturated heterocycles. The number of nitrogens with one attached hydrogen (secondary N) is 1. The van der Waals surface area contributed by atoms with Gasteiger partial charge < -0.3 is 5.32 Å². The average Bonchev–Trinajstić information content (AvgIpc) is 2.51. The molecule has 1 aliphatic rings. The zero-order valence-corrected chi connectivity index (χ0v) is 14.1. The highest BCUT2D eigenvalue weighted by Crippen LogP contribution is 2.33. The quantitative estimate of drug-likeness (QED) is 0.903. The molecule has 1 aromatic carbocycles. The highest BCUT2D eigenvalue weighted by Gasteiger charge is 2.23. The smallest absolute Gasteiger partial charge is 0.144 e. The van der Waals surface area contributed by atoms with Gasteiger partial charge in [-0.3, -0.25) is 0 Å². The van der Waals surface area contributed by atoms with Gasteiger partial charge in [-0.15, -0.1) is 0 Å². The highest BCUT2D eigenvalue weighted by molar-refractivity contribution is 9.10. The number of anilines is 1. The van der Waals surface area contributed by atoms with E-state index in [1.165, 1.54) is 11.1 Å². The normalized spacial score (nSPS) is 17.4. The monoisotopic (exact) mass is 345 g/mol. The Kier molecular flexibility index (Phi) is 4.24. The molecule has 4 heteroatoms. The van der Waals surface area contributed by atoms with Crippen molar-refractivity contribution in [3.63, 3.8) is 0 Å². The SMILES string of the molecule is CCNc1nc(C2CCc3ccccc3C2)nc(C)c1Br. The summed E-state index contributed by atoms with van der Waals surface area (Å²) in [6.07, 6.45) is 3.29. The van der Waals surface area contributed by atoms with E-state index in [4.69, 9.17) is 9.97 Å². The van der Waals surface area contributed by atoms with Crippen molar-refractivity contribution >= 4 is 21.7 Å². The van der Waals surface area contributed by atoms with Crippen molar-refractivity contribution in [2.75, 3.05) is 11.9 Å². The standard InChI is InChI=1S/C17H20BrN3/c1-3-19-17-15(18)11(2)20-16(21-17)14-9-8-12-6-4-5-7-13(12)10-14/h4-7,14H,3,8-10H2,1-2H3,(H,19,20,21). The number of hydrogen-bond acceptors (Lipinski definition) is 3. The molecule has 3 nitrogen and oxygen atoms in total. The Morgan fingerprint density at radius 2 is 2.00 bits per heavy atom. The van der Waals surface area contributed by atoms with Gasteiger partial charge in [0.25, 0.3) is 0 Å². The van der Waals surface area contributed by atoms with Crippen LogP contribution in [0.1, 0.15) is 41.9 Å². The van der Waals surface area contributed by atoms with Crippen molar-refractivity contribution in [1.82, 2.24) is 9.97 Å². The summed E-state index contributed by atoms with van der Waals surface area (Å²) in [6.45, 7) is 4.98. The van der Waals surface area contributed by atoms with E-state index in [2.05, 4.69) is 52.4 Å². The summed E-state index contributed by atoms with van der Waals surface area (Å²) in [5, 5.41) is 3.32. The maximum Gasteiger partial charge on any atom is 0.144 e. The Bertz CT molecular complexity index is 654. The maximum atomic E-state index is 4.75.